The van der Waals surface area contributed by atoms with Gasteiger partial charge in [-0.15, -0.1) is 0 Å². The Hall–Kier alpha value is -2.11. The number of aryl methyl sites for hydroxylation is 2. The molecule has 0 spiro atoms. The van der Waals surface area contributed by atoms with Crippen LogP contribution in [0.3, 0.4) is 0 Å². The Bertz CT molecular complexity index is 776. The van der Waals surface area contributed by atoms with E-state index in [0.29, 0.717) is 10.8 Å². The van der Waals surface area contributed by atoms with Crippen molar-refractivity contribution in [3.8, 4) is 11.3 Å². The number of hydrogen-bond acceptors (Lipinski definition) is 4. The maximum absolute atomic E-state index is 5.92. The number of nitrogens with one attached hydrogen (secondary N) is 1. The summed E-state index contributed by atoms with van der Waals surface area (Å²) in [4.78, 5) is 4.53. The van der Waals surface area contributed by atoms with E-state index in [9.17, 15) is 0 Å². The first-order valence-electron chi connectivity index (χ1n) is 6.19. The molecule has 0 aliphatic carbocycles. The number of nitrogens with two attached hydrogens (primary N) is 1. The number of aromatic nitrogens is 3. The summed E-state index contributed by atoms with van der Waals surface area (Å²) >= 11 is 5.92. The minimum absolute atomic E-state index is 0.702. The Balaban J connectivity index is 2.27. The summed E-state index contributed by atoms with van der Waals surface area (Å²) in [5, 5.41) is 5.29. The van der Waals surface area contributed by atoms with Gasteiger partial charge < -0.3 is 5.43 Å². The molecule has 0 bridgehead atoms. The molecule has 6 heteroatoms. The summed E-state index contributed by atoms with van der Waals surface area (Å²) in [6, 6.07) is 9.44. The fourth-order valence-electron chi connectivity index (χ4n) is 2.23. The lowest BCUT2D eigenvalue weighted by Gasteiger charge is -2.04. The molecule has 0 aliphatic heterocycles. The average Bonchev–Trinajstić information content (AvgIpc) is 2.77. The summed E-state index contributed by atoms with van der Waals surface area (Å²) in [7, 11) is 0. The Kier molecular flexibility index (Phi) is 3.08. The molecule has 20 heavy (non-hydrogen) atoms. The van der Waals surface area contributed by atoms with Gasteiger partial charge in [-0.25, -0.2) is 10.8 Å². The third-order valence-corrected chi connectivity index (χ3v) is 3.46. The summed E-state index contributed by atoms with van der Waals surface area (Å²) in [5.74, 6) is 6.25. The molecule has 3 rings (SSSR count). The molecule has 2 heterocycles. The van der Waals surface area contributed by atoms with Crippen LogP contribution in [0.2, 0.25) is 5.02 Å². The number of rotatable bonds is 2. The topological polar surface area (TPSA) is 68.2 Å². The molecule has 102 valence electrons. The molecule has 0 saturated heterocycles. The summed E-state index contributed by atoms with van der Waals surface area (Å²) in [6.07, 6.45) is 0. The SMILES string of the molecule is Cc1cc(NN)n2nc(-c3ccc(Cl)cc3)c(C)c2n1. The van der Waals surface area contributed by atoms with Crippen LogP contribution in [0.4, 0.5) is 5.82 Å². The molecule has 0 aliphatic rings. The second-order valence-corrected chi connectivity index (χ2v) is 5.08. The predicted octanol–water partition coefficient (Wildman–Crippen LogP) is 2.95. The van der Waals surface area contributed by atoms with Gasteiger partial charge in [0.2, 0.25) is 0 Å². The lowest BCUT2D eigenvalue weighted by Crippen LogP contribution is -2.12. The highest BCUT2D eigenvalue weighted by atomic mass is 35.5. The van der Waals surface area contributed by atoms with Gasteiger partial charge >= 0.3 is 0 Å². The summed E-state index contributed by atoms with van der Waals surface area (Å²) in [6.45, 7) is 3.92. The molecule has 3 N–H and O–H groups in total. The van der Waals surface area contributed by atoms with Crippen molar-refractivity contribution in [2.45, 2.75) is 13.8 Å². The minimum atomic E-state index is 0.702. The number of halogens is 1. The van der Waals surface area contributed by atoms with E-state index in [4.69, 9.17) is 17.4 Å². The highest BCUT2D eigenvalue weighted by Crippen LogP contribution is 2.27. The van der Waals surface area contributed by atoms with E-state index in [1.165, 1.54) is 0 Å². The summed E-state index contributed by atoms with van der Waals surface area (Å²) < 4.78 is 1.71. The molecule has 0 fully saturated rings. The molecule has 0 amide bonds. The van der Waals surface area contributed by atoms with Crippen molar-refractivity contribution in [1.29, 1.82) is 0 Å². The maximum Gasteiger partial charge on any atom is 0.161 e. The molecule has 0 saturated carbocycles. The number of anilines is 1. The zero-order valence-corrected chi connectivity index (χ0v) is 11.9. The van der Waals surface area contributed by atoms with Crippen LogP contribution in [-0.2, 0) is 0 Å². The second-order valence-electron chi connectivity index (χ2n) is 4.64. The van der Waals surface area contributed by atoms with Crippen LogP contribution in [0, 0.1) is 13.8 Å². The van der Waals surface area contributed by atoms with Gasteiger partial charge in [0, 0.05) is 27.9 Å². The Labute approximate surface area is 121 Å². The van der Waals surface area contributed by atoms with Crippen LogP contribution in [0.15, 0.2) is 30.3 Å². The Morgan fingerprint density at radius 3 is 2.55 bits per heavy atom. The van der Waals surface area contributed by atoms with Gasteiger partial charge in [0.1, 0.15) is 5.82 Å². The van der Waals surface area contributed by atoms with E-state index in [2.05, 4.69) is 15.5 Å². The van der Waals surface area contributed by atoms with Crippen LogP contribution in [0.5, 0.6) is 0 Å². The first-order valence-corrected chi connectivity index (χ1v) is 6.57. The molecular formula is C14H14ClN5. The largest absolute Gasteiger partial charge is 0.308 e. The van der Waals surface area contributed by atoms with Gasteiger partial charge in [0.15, 0.2) is 5.65 Å². The first kappa shape index (κ1) is 12.9. The van der Waals surface area contributed by atoms with E-state index in [1.807, 2.05) is 44.2 Å². The van der Waals surface area contributed by atoms with Crippen LogP contribution in [0.1, 0.15) is 11.3 Å². The Morgan fingerprint density at radius 1 is 1.20 bits per heavy atom. The van der Waals surface area contributed by atoms with Gasteiger partial charge in [-0.1, -0.05) is 23.7 Å². The fraction of sp³-hybridized carbons (Fsp3) is 0.143. The van der Waals surface area contributed by atoms with Crippen molar-refractivity contribution in [2.24, 2.45) is 5.84 Å². The highest BCUT2D eigenvalue weighted by Gasteiger charge is 2.14. The van der Waals surface area contributed by atoms with Gasteiger partial charge in [0.25, 0.3) is 0 Å². The molecule has 2 aromatic heterocycles. The van der Waals surface area contributed by atoms with Crippen molar-refractivity contribution in [3.63, 3.8) is 0 Å². The highest BCUT2D eigenvalue weighted by molar-refractivity contribution is 6.30. The molecule has 0 radical (unpaired) electrons. The minimum Gasteiger partial charge on any atom is -0.308 e. The fourth-order valence-corrected chi connectivity index (χ4v) is 2.36. The quantitative estimate of drug-likeness (QED) is 0.562. The second kappa shape index (κ2) is 4.77. The molecule has 3 aromatic rings. The molecular weight excluding hydrogens is 274 g/mol. The monoisotopic (exact) mass is 287 g/mol. The average molecular weight is 288 g/mol. The van der Waals surface area contributed by atoms with Crippen LogP contribution >= 0.6 is 11.6 Å². The van der Waals surface area contributed by atoms with Crippen LogP contribution < -0.4 is 11.3 Å². The van der Waals surface area contributed by atoms with E-state index < -0.39 is 0 Å². The smallest absolute Gasteiger partial charge is 0.161 e. The van der Waals surface area contributed by atoms with E-state index in [-0.39, 0.29) is 0 Å². The van der Waals surface area contributed by atoms with E-state index in [1.54, 1.807) is 4.52 Å². The lowest BCUT2D eigenvalue weighted by atomic mass is 10.1. The van der Waals surface area contributed by atoms with Crippen molar-refractivity contribution < 1.29 is 0 Å². The molecule has 0 atom stereocenters. The number of hydrazine groups is 1. The van der Waals surface area contributed by atoms with Gasteiger partial charge in [0.05, 0.1) is 5.69 Å². The van der Waals surface area contributed by atoms with Crippen molar-refractivity contribution in [3.05, 3.63) is 46.6 Å². The predicted molar refractivity (Wildman–Crippen MR) is 80.7 cm³/mol. The Morgan fingerprint density at radius 2 is 1.90 bits per heavy atom. The van der Waals surface area contributed by atoms with Gasteiger partial charge in [-0.2, -0.15) is 9.61 Å². The zero-order valence-electron chi connectivity index (χ0n) is 11.2. The van der Waals surface area contributed by atoms with Crippen molar-refractivity contribution >= 4 is 23.1 Å². The number of fused-ring (bicyclic) bond motifs is 1. The standard InChI is InChI=1S/C14H14ClN5/c1-8-7-12(18-16)20-14(17-8)9(2)13(19-20)10-3-5-11(15)6-4-10/h3-7,18H,16H2,1-2H3. The molecule has 5 nitrogen and oxygen atoms in total. The van der Waals surface area contributed by atoms with Gasteiger partial charge in [-0.3, -0.25) is 0 Å². The third kappa shape index (κ3) is 2.01. The van der Waals surface area contributed by atoms with Crippen LogP contribution in [-0.4, -0.2) is 14.6 Å². The molecule has 1 aromatic carbocycles. The molecule has 0 unspecified atom stereocenters. The number of nitrogens with zero attached hydrogens (tertiary/aromatic N) is 3. The lowest BCUT2D eigenvalue weighted by molar-refractivity contribution is 0.930. The third-order valence-electron chi connectivity index (χ3n) is 3.21. The number of hydrogen-bond donors (Lipinski definition) is 2. The van der Waals surface area contributed by atoms with Gasteiger partial charge in [-0.05, 0) is 26.0 Å². The summed E-state index contributed by atoms with van der Waals surface area (Å²) in [5.41, 5.74) is 7.21. The number of benzene rings is 1. The first-order chi connectivity index (χ1) is 9.60. The van der Waals surface area contributed by atoms with E-state index in [0.717, 1.165) is 28.2 Å². The van der Waals surface area contributed by atoms with Crippen LogP contribution in [0.25, 0.3) is 16.9 Å². The zero-order chi connectivity index (χ0) is 14.3. The number of nitrogen functional groups attached to an aromatic ring is 1. The maximum atomic E-state index is 5.92. The normalized spacial score (nSPS) is 11.0. The van der Waals surface area contributed by atoms with E-state index >= 15 is 0 Å². The van der Waals surface area contributed by atoms with Crippen molar-refractivity contribution in [2.75, 3.05) is 5.43 Å². The van der Waals surface area contributed by atoms with Crippen molar-refractivity contribution in [1.82, 2.24) is 14.6 Å².